The number of aliphatic hydroxyl groups is 1. The van der Waals surface area contributed by atoms with E-state index >= 15 is 0 Å². The number of likely N-dealkylation sites (N-methyl/N-ethyl adjacent to an activating group) is 1. The number of benzene rings is 1. The molecule has 0 atom stereocenters. The quantitative estimate of drug-likeness (QED) is 0.857. The molecule has 0 saturated carbocycles. The van der Waals surface area contributed by atoms with E-state index in [9.17, 15) is 0 Å². The Morgan fingerprint density at radius 3 is 2.53 bits per heavy atom. The topological polar surface area (TPSA) is 35.5 Å². The smallest absolute Gasteiger partial charge is 0.0931 e. The lowest BCUT2D eigenvalue weighted by atomic mass is 10.2. The molecule has 1 aromatic heterocycles. The lowest BCUT2D eigenvalue weighted by Crippen LogP contribution is -2.20. The van der Waals surface area contributed by atoms with E-state index in [0.29, 0.717) is 6.54 Å². The molecule has 19 heavy (non-hydrogen) atoms. The molecule has 0 saturated heterocycles. The van der Waals surface area contributed by atoms with Crippen molar-refractivity contribution in [3.8, 4) is 0 Å². The van der Waals surface area contributed by atoms with Crippen LogP contribution in [0.15, 0.2) is 36.4 Å². The van der Waals surface area contributed by atoms with E-state index in [-0.39, 0.29) is 6.61 Å². The molecule has 0 fully saturated rings. The summed E-state index contributed by atoms with van der Waals surface area (Å²) >= 11 is 7.48. The molecule has 2 aromatic rings. The van der Waals surface area contributed by atoms with Gasteiger partial charge in [0.2, 0.25) is 0 Å². The molecule has 5 heteroatoms. The highest BCUT2D eigenvalue weighted by Crippen LogP contribution is 2.23. The molecule has 0 radical (unpaired) electrons. The first-order valence-electron chi connectivity index (χ1n) is 6.09. The Labute approximate surface area is 122 Å². The summed E-state index contributed by atoms with van der Waals surface area (Å²) < 4.78 is 0.817. The maximum absolute atomic E-state index is 8.90. The van der Waals surface area contributed by atoms with Crippen LogP contribution in [-0.4, -0.2) is 25.3 Å². The van der Waals surface area contributed by atoms with Crippen molar-refractivity contribution in [2.45, 2.75) is 6.54 Å². The van der Waals surface area contributed by atoms with Gasteiger partial charge in [0.1, 0.15) is 0 Å². The van der Waals surface area contributed by atoms with Crippen molar-refractivity contribution in [1.82, 2.24) is 0 Å². The fourth-order valence-corrected chi connectivity index (χ4v) is 2.78. The predicted molar refractivity (Wildman–Crippen MR) is 83.5 cm³/mol. The first kappa shape index (κ1) is 14.2. The van der Waals surface area contributed by atoms with Crippen molar-refractivity contribution in [3.63, 3.8) is 0 Å². The van der Waals surface area contributed by atoms with Gasteiger partial charge in [0.05, 0.1) is 10.9 Å². The zero-order chi connectivity index (χ0) is 13.7. The molecule has 0 aliphatic carbocycles. The number of thiophene rings is 1. The van der Waals surface area contributed by atoms with Gasteiger partial charge in [0.25, 0.3) is 0 Å². The van der Waals surface area contributed by atoms with Gasteiger partial charge < -0.3 is 15.3 Å². The Balaban J connectivity index is 1.91. The van der Waals surface area contributed by atoms with Gasteiger partial charge in [-0.3, -0.25) is 0 Å². The molecule has 0 unspecified atom stereocenters. The van der Waals surface area contributed by atoms with Crippen molar-refractivity contribution in [2.75, 3.05) is 30.4 Å². The summed E-state index contributed by atoms with van der Waals surface area (Å²) in [4.78, 5) is 3.23. The average Bonchev–Trinajstić information content (AvgIpc) is 2.83. The van der Waals surface area contributed by atoms with Crippen molar-refractivity contribution in [2.24, 2.45) is 0 Å². The maximum atomic E-state index is 8.90. The predicted octanol–water partition coefficient (Wildman–Crippen LogP) is 3.44. The lowest BCUT2D eigenvalue weighted by Gasteiger charge is -2.18. The summed E-state index contributed by atoms with van der Waals surface area (Å²) in [6.07, 6.45) is 0. The first-order chi connectivity index (χ1) is 9.19. The summed E-state index contributed by atoms with van der Waals surface area (Å²) in [5.41, 5.74) is 2.17. The Bertz CT molecular complexity index is 512. The Morgan fingerprint density at radius 1 is 1.21 bits per heavy atom. The highest BCUT2D eigenvalue weighted by Gasteiger charge is 2.01. The molecule has 0 aliphatic heterocycles. The molecular formula is C14H17ClN2OS. The fraction of sp³-hybridized carbons (Fsp3) is 0.286. The minimum atomic E-state index is 0.162. The zero-order valence-corrected chi connectivity index (χ0v) is 12.3. The Kier molecular flexibility index (Phi) is 5.07. The summed E-state index contributed by atoms with van der Waals surface area (Å²) in [6.45, 7) is 1.58. The van der Waals surface area contributed by atoms with E-state index in [0.717, 1.165) is 22.3 Å². The van der Waals surface area contributed by atoms with Crippen LogP contribution in [0.4, 0.5) is 11.4 Å². The van der Waals surface area contributed by atoms with Gasteiger partial charge in [-0.05, 0) is 36.4 Å². The van der Waals surface area contributed by atoms with Gasteiger partial charge in [0, 0.05) is 36.4 Å². The largest absolute Gasteiger partial charge is 0.395 e. The van der Waals surface area contributed by atoms with Crippen molar-refractivity contribution in [3.05, 3.63) is 45.6 Å². The maximum Gasteiger partial charge on any atom is 0.0931 e. The van der Waals surface area contributed by atoms with Crippen molar-refractivity contribution >= 4 is 34.3 Å². The number of anilines is 2. The van der Waals surface area contributed by atoms with Gasteiger partial charge in [-0.25, -0.2) is 0 Å². The van der Waals surface area contributed by atoms with E-state index in [4.69, 9.17) is 16.7 Å². The second-order valence-corrected chi connectivity index (χ2v) is 6.05. The summed E-state index contributed by atoms with van der Waals surface area (Å²) in [6, 6.07) is 12.1. The van der Waals surface area contributed by atoms with E-state index in [1.54, 1.807) is 11.3 Å². The van der Waals surface area contributed by atoms with Crippen molar-refractivity contribution < 1.29 is 5.11 Å². The molecular weight excluding hydrogens is 280 g/mol. The molecule has 1 heterocycles. The van der Waals surface area contributed by atoms with Crippen molar-refractivity contribution in [1.29, 1.82) is 0 Å². The number of hydrogen-bond donors (Lipinski definition) is 2. The van der Waals surface area contributed by atoms with Crippen LogP contribution in [0.25, 0.3) is 0 Å². The van der Waals surface area contributed by atoms with Crippen LogP contribution in [0, 0.1) is 0 Å². The van der Waals surface area contributed by atoms with Gasteiger partial charge in [-0.2, -0.15) is 0 Å². The third kappa shape index (κ3) is 4.13. The molecule has 2 N–H and O–H groups in total. The zero-order valence-electron chi connectivity index (χ0n) is 10.8. The van der Waals surface area contributed by atoms with Gasteiger partial charge in [-0.1, -0.05) is 11.6 Å². The number of hydrogen-bond acceptors (Lipinski definition) is 4. The van der Waals surface area contributed by atoms with Crippen LogP contribution in [-0.2, 0) is 6.54 Å². The van der Waals surface area contributed by atoms with E-state index in [1.165, 1.54) is 4.88 Å². The normalized spacial score (nSPS) is 10.5. The third-order valence-corrected chi connectivity index (χ3v) is 4.07. The fourth-order valence-electron chi connectivity index (χ4n) is 1.75. The highest BCUT2D eigenvalue weighted by atomic mass is 35.5. The molecule has 102 valence electrons. The van der Waals surface area contributed by atoms with E-state index in [1.807, 2.05) is 48.3 Å². The second kappa shape index (κ2) is 6.80. The van der Waals surface area contributed by atoms with Crippen LogP contribution in [0.2, 0.25) is 4.34 Å². The monoisotopic (exact) mass is 296 g/mol. The van der Waals surface area contributed by atoms with Crippen LogP contribution >= 0.6 is 22.9 Å². The molecule has 0 spiro atoms. The summed E-state index contributed by atoms with van der Waals surface area (Å²) in [7, 11) is 1.96. The third-order valence-electron chi connectivity index (χ3n) is 2.84. The SMILES string of the molecule is CN(CCO)c1ccc(NCc2ccc(Cl)s2)cc1. The van der Waals surface area contributed by atoms with Crippen LogP contribution in [0.3, 0.4) is 0 Å². The second-order valence-electron chi connectivity index (χ2n) is 4.25. The molecule has 0 aliphatic rings. The molecule has 1 aromatic carbocycles. The summed E-state index contributed by atoms with van der Waals surface area (Å²) in [5, 5.41) is 12.3. The van der Waals surface area contributed by atoms with Crippen LogP contribution in [0.1, 0.15) is 4.88 Å². The van der Waals surface area contributed by atoms with Crippen LogP contribution in [0.5, 0.6) is 0 Å². The number of halogens is 1. The minimum absolute atomic E-state index is 0.162. The molecule has 3 nitrogen and oxygen atoms in total. The van der Waals surface area contributed by atoms with Gasteiger partial charge in [0.15, 0.2) is 0 Å². The van der Waals surface area contributed by atoms with E-state index in [2.05, 4.69) is 5.32 Å². The Morgan fingerprint density at radius 2 is 1.95 bits per heavy atom. The first-order valence-corrected chi connectivity index (χ1v) is 7.28. The standard InChI is InChI=1S/C14H17ClN2OS/c1-17(8-9-18)12-4-2-11(3-5-12)16-10-13-6-7-14(15)19-13/h2-7,16,18H,8-10H2,1H3. The number of nitrogens with zero attached hydrogens (tertiary/aromatic N) is 1. The molecule has 2 rings (SSSR count). The molecule has 0 amide bonds. The number of rotatable bonds is 6. The highest BCUT2D eigenvalue weighted by molar-refractivity contribution is 7.16. The summed E-state index contributed by atoms with van der Waals surface area (Å²) in [5.74, 6) is 0. The van der Waals surface area contributed by atoms with Gasteiger partial charge >= 0.3 is 0 Å². The minimum Gasteiger partial charge on any atom is -0.395 e. The number of nitrogens with one attached hydrogen (secondary N) is 1. The average molecular weight is 297 g/mol. The Hall–Kier alpha value is -1.23. The molecule has 0 bridgehead atoms. The van der Waals surface area contributed by atoms with Crippen LogP contribution < -0.4 is 10.2 Å². The van der Waals surface area contributed by atoms with Gasteiger partial charge in [-0.15, -0.1) is 11.3 Å². The van der Waals surface area contributed by atoms with E-state index < -0.39 is 0 Å². The number of aliphatic hydroxyl groups excluding tert-OH is 1. The lowest BCUT2D eigenvalue weighted by molar-refractivity contribution is 0.304.